The van der Waals surface area contributed by atoms with Crippen molar-refractivity contribution < 1.29 is 17.9 Å². The van der Waals surface area contributed by atoms with Crippen LogP contribution in [0.1, 0.15) is 18.1 Å². The second kappa shape index (κ2) is 9.19. The van der Waals surface area contributed by atoms with Crippen LogP contribution in [0.4, 0.5) is 0 Å². The molecule has 1 heterocycles. The van der Waals surface area contributed by atoms with Gasteiger partial charge in [-0.2, -0.15) is 5.26 Å². The summed E-state index contributed by atoms with van der Waals surface area (Å²) in [5.74, 6) is 1.68. The lowest BCUT2D eigenvalue weighted by atomic mass is 10.2. The lowest BCUT2D eigenvalue weighted by Gasteiger charge is -2.09. The van der Waals surface area contributed by atoms with E-state index in [0.717, 1.165) is 5.75 Å². The normalized spacial score (nSPS) is 10.9. The minimum Gasteiger partial charge on any atom is -0.494 e. The Labute approximate surface area is 169 Å². The summed E-state index contributed by atoms with van der Waals surface area (Å²) in [7, 11) is -3.75. The molecule has 0 aliphatic rings. The molecule has 0 bridgehead atoms. The molecular formula is C21H19N3O4S. The van der Waals surface area contributed by atoms with Crippen molar-refractivity contribution in [3.63, 3.8) is 0 Å². The molecule has 0 aliphatic carbocycles. The number of pyridine rings is 1. The van der Waals surface area contributed by atoms with Gasteiger partial charge in [-0.15, -0.1) is 0 Å². The molecule has 1 N–H and O–H groups in total. The van der Waals surface area contributed by atoms with Gasteiger partial charge >= 0.3 is 0 Å². The number of ether oxygens (including phenoxy) is 2. The summed E-state index contributed by atoms with van der Waals surface area (Å²) < 4.78 is 38.5. The highest BCUT2D eigenvalue weighted by Crippen LogP contribution is 2.23. The molecule has 7 nitrogen and oxygen atoms in total. The zero-order chi connectivity index (χ0) is 20.7. The van der Waals surface area contributed by atoms with E-state index in [9.17, 15) is 8.42 Å². The van der Waals surface area contributed by atoms with Gasteiger partial charge in [-0.25, -0.2) is 18.1 Å². The average Bonchev–Trinajstić information content (AvgIpc) is 2.74. The summed E-state index contributed by atoms with van der Waals surface area (Å²) >= 11 is 0. The van der Waals surface area contributed by atoms with Crippen molar-refractivity contribution in [2.75, 3.05) is 6.61 Å². The second-order valence-corrected chi connectivity index (χ2v) is 7.74. The van der Waals surface area contributed by atoms with Crippen molar-refractivity contribution in [2.24, 2.45) is 0 Å². The van der Waals surface area contributed by atoms with E-state index in [1.165, 1.54) is 18.2 Å². The summed E-state index contributed by atoms with van der Waals surface area (Å²) in [5, 5.41) is 8.94. The molecule has 29 heavy (non-hydrogen) atoms. The topological polar surface area (TPSA) is 101 Å². The van der Waals surface area contributed by atoms with Gasteiger partial charge in [0.25, 0.3) is 0 Å². The van der Waals surface area contributed by atoms with Crippen LogP contribution in [0.15, 0.2) is 71.8 Å². The SMILES string of the molecule is CCOc1ccc(Oc2cc(CNS(=O)(=O)c3cccc(C#N)c3)ccn2)cc1. The number of nitrogens with zero attached hydrogens (tertiary/aromatic N) is 2. The molecule has 0 saturated heterocycles. The molecule has 0 atom stereocenters. The zero-order valence-corrected chi connectivity index (χ0v) is 16.5. The quantitative estimate of drug-likeness (QED) is 0.610. The Hall–Kier alpha value is -3.41. The minimum atomic E-state index is -3.75. The Kier molecular flexibility index (Phi) is 6.44. The summed E-state index contributed by atoms with van der Waals surface area (Å²) in [6.45, 7) is 2.55. The highest BCUT2D eigenvalue weighted by molar-refractivity contribution is 7.89. The van der Waals surface area contributed by atoms with Crippen LogP contribution in [0.5, 0.6) is 17.4 Å². The van der Waals surface area contributed by atoms with Crippen molar-refractivity contribution in [3.8, 4) is 23.4 Å². The Bertz CT molecular complexity index is 1120. The number of hydrogen-bond donors (Lipinski definition) is 1. The number of aromatic nitrogens is 1. The first kappa shape index (κ1) is 20.3. The molecule has 2 aromatic carbocycles. The number of benzene rings is 2. The summed E-state index contributed by atoms with van der Waals surface area (Å²) in [4.78, 5) is 4.19. The molecule has 1 aromatic heterocycles. The van der Waals surface area contributed by atoms with Gasteiger partial charge in [0, 0.05) is 18.8 Å². The van der Waals surface area contributed by atoms with Gasteiger partial charge in [0.1, 0.15) is 11.5 Å². The van der Waals surface area contributed by atoms with E-state index in [4.69, 9.17) is 14.7 Å². The summed E-state index contributed by atoms with van der Waals surface area (Å²) in [5.41, 5.74) is 0.962. The maximum atomic E-state index is 12.5. The largest absolute Gasteiger partial charge is 0.494 e. The molecule has 0 amide bonds. The molecular weight excluding hydrogens is 390 g/mol. The smallest absolute Gasteiger partial charge is 0.240 e. The fourth-order valence-corrected chi connectivity index (χ4v) is 3.57. The van der Waals surface area contributed by atoms with Crippen LogP contribution in [-0.2, 0) is 16.6 Å². The van der Waals surface area contributed by atoms with E-state index < -0.39 is 10.0 Å². The zero-order valence-electron chi connectivity index (χ0n) is 15.7. The van der Waals surface area contributed by atoms with Crippen LogP contribution in [0.3, 0.4) is 0 Å². The number of sulfonamides is 1. The second-order valence-electron chi connectivity index (χ2n) is 5.97. The molecule has 0 saturated carbocycles. The highest BCUT2D eigenvalue weighted by atomic mass is 32.2. The average molecular weight is 409 g/mol. The number of rotatable bonds is 8. The van der Waals surface area contributed by atoms with Crippen molar-refractivity contribution in [1.29, 1.82) is 5.26 Å². The van der Waals surface area contributed by atoms with Crippen molar-refractivity contribution in [1.82, 2.24) is 9.71 Å². The Morgan fingerprint density at radius 2 is 1.83 bits per heavy atom. The van der Waals surface area contributed by atoms with E-state index in [2.05, 4.69) is 9.71 Å². The van der Waals surface area contributed by atoms with Crippen LogP contribution < -0.4 is 14.2 Å². The van der Waals surface area contributed by atoms with Gasteiger partial charge in [-0.1, -0.05) is 6.07 Å². The van der Waals surface area contributed by atoms with E-state index in [1.807, 2.05) is 13.0 Å². The lowest BCUT2D eigenvalue weighted by Crippen LogP contribution is -2.23. The maximum absolute atomic E-state index is 12.5. The molecule has 0 radical (unpaired) electrons. The van der Waals surface area contributed by atoms with E-state index in [-0.39, 0.29) is 17.0 Å². The Balaban J connectivity index is 1.67. The number of nitriles is 1. The van der Waals surface area contributed by atoms with Crippen molar-refractivity contribution in [2.45, 2.75) is 18.4 Å². The third-order valence-corrected chi connectivity index (χ3v) is 5.30. The van der Waals surface area contributed by atoms with Crippen LogP contribution in [-0.4, -0.2) is 20.0 Å². The first-order valence-electron chi connectivity index (χ1n) is 8.85. The molecule has 0 unspecified atom stereocenters. The van der Waals surface area contributed by atoms with Crippen LogP contribution in [0, 0.1) is 11.3 Å². The molecule has 0 spiro atoms. The Morgan fingerprint density at radius 3 is 2.55 bits per heavy atom. The van der Waals surface area contributed by atoms with Gasteiger partial charge in [0.15, 0.2) is 0 Å². The van der Waals surface area contributed by atoms with Gasteiger partial charge in [-0.3, -0.25) is 0 Å². The Morgan fingerprint density at radius 1 is 1.07 bits per heavy atom. The third-order valence-electron chi connectivity index (χ3n) is 3.90. The number of nitrogens with one attached hydrogen (secondary N) is 1. The monoisotopic (exact) mass is 409 g/mol. The highest BCUT2D eigenvalue weighted by Gasteiger charge is 2.14. The molecule has 8 heteroatoms. The summed E-state index contributed by atoms with van der Waals surface area (Å²) in [6, 6.07) is 18.3. The van der Waals surface area contributed by atoms with Gasteiger partial charge in [0.2, 0.25) is 15.9 Å². The fourth-order valence-electron chi connectivity index (χ4n) is 2.50. The predicted molar refractivity (Wildman–Crippen MR) is 107 cm³/mol. The van der Waals surface area contributed by atoms with Crippen LogP contribution >= 0.6 is 0 Å². The molecule has 0 fully saturated rings. The van der Waals surface area contributed by atoms with Crippen molar-refractivity contribution in [3.05, 3.63) is 78.0 Å². The van der Waals surface area contributed by atoms with E-state index in [1.54, 1.807) is 48.7 Å². The van der Waals surface area contributed by atoms with Crippen LogP contribution in [0.2, 0.25) is 0 Å². The predicted octanol–water partition coefficient (Wildman–Crippen LogP) is 3.62. The molecule has 148 valence electrons. The van der Waals surface area contributed by atoms with Gasteiger partial charge in [0.05, 0.1) is 23.1 Å². The minimum absolute atomic E-state index is 0.0384. The molecule has 3 rings (SSSR count). The van der Waals surface area contributed by atoms with Crippen LogP contribution in [0.25, 0.3) is 0 Å². The maximum Gasteiger partial charge on any atom is 0.240 e. The molecule has 0 aliphatic heterocycles. The lowest BCUT2D eigenvalue weighted by molar-refractivity contribution is 0.339. The third kappa shape index (κ3) is 5.54. The van der Waals surface area contributed by atoms with Crippen molar-refractivity contribution >= 4 is 10.0 Å². The van der Waals surface area contributed by atoms with Gasteiger partial charge in [-0.05, 0) is 61.0 Å². The molecule has 3 aromatic rings. The summed E-state index contributed by atoms with van der Waals surface area (Å²) in [6.07, 6.45) is 1.55. The van der Waals surface area contributed by atoms with Gasteiger partial charge < -0.3 is 9.47 Å². The first-order chi connectivity index (χ1) is 14.0. The van der Waals surface area contributed by atoms with E-state index >= 15 is 0 Å². The number of hydrogen-bond acceptors (Lipinski definition) is 6. The first-order valence-corrected chi connectivity index (χ1v) is 10.3. The fraction of sp³-hybridized carbons (Fsp3) is 0.143. The van der Waals surface area contributed by atoms with E-state index in [0.29, 0.717) is 23.8 Å². The standard InChI is InChI=1S/C21H19N3O4S/c1-2-27-18-6-8-19(9-7-18)28-21-13-17(10-11-23-21)15-24-29(25,26)20-5-3-4-16(12-20)14-22/h3-13,24H,2,15H2,1H3.